The second kappa shape index (κ2) is 5.48. The molecule has 0 aromatic rings. The van der Waals surface area contributed by atoms with Crippen LogP contribution in [0.15, 0.2) is 0 Å². The van der Waals surface area contributed by atoms with Crippen LogP contribution in [-0.4, -0.2) is 10.7 Å². The van der Waals surface area contributed by atoms with E-state index in [9.17, 15) is 5.11 Å². The average Bonchev–Trinajstić information content (AvgIpc) is 2.84. The summed E-state index contributed by atoms with van der Waals surface area (Å²) in [5.41, 5.74) is 0.256. The van der Waals surface area contributed by atoms with E-state index < -0.39 is 5.60 Å². The summed E-state index contributed by atoms with van der Waals surface area (Å²) in [7, 11) is 0. The van der Waals surface area contributed by atoms with Crippen molar-refractivity contribution in [3.63, 3.8) is 0 Å². The first kappa shape index (κ1) is 16.4. The van der Waals surface area contributed by atoms with Gasteiger partial charge in [-0.05, 0) is 105 Å². The molecule has 4 rings (SSSR count). The maximum Gasteiger partial charge on any atom is 0.0648 e. The zero-order valence-corrected chi connectivity index (χ0v) is 15.9. The molecule has 0 unspecified atom stereocenters. The van der Waals surface area contributed by atoms with Crippen LogP contribution in [0.3, 0.4) is 0 Å². The third-order valence-electron chi connectivity index (χ3n) is 9.57. The summed E-state index contributed by atoms with van der Waals surface area (Å²) in [6, 6.07) is 0. The normalized spacial score (nSPS) is 59.1. The Kier molecular flexibility index (Phi) is 3.91. The fraction of sp³-hybridized carbons (Fsp3) is 1.00. The fourth-order valence-corrected chi connectivity index (χ4v) is 8.03. The monoisotopic (exact) mass is 318 g/mol. The summed E-state index contributed by atoms with van der Waals surface area (Å²) < 4.78 is 0. The van der Waals surface area contributed by atoms with Crippen LogP contribution in [-0.2, 0) is 0 Å². The van der Waals surface area contributed by atoms with Gasteiger partial charge in [0, 0.05) is 0 Å². The van der Waals surface area contributed by atoms with Gasteiger partial charge < -0.3 is 5.11 Å². The van der Waals surface area contributed by atoms with Gasteiger partial charge in [-0.1, -0.05) is 27.2 Å². The number of rotatable bonds is 1. The van der Waals surface area contributed by atoms with Gasteiger partial charge in [-0.2, -0.15) is 0 Å². The molecule has 0 spiro atoms. The molecule has 1 heteroatoms. The van der Waals surface area contributed by atoms with E-state index in [1.807, 2.05) is 0 Å². The van der Waals surface area contributed by atoms with Crippen molar-refractivity contribution in [3.05, 3.63) is 0 Å². The third-order valence-corrected chi connectivity index (χ3v) is 9.57. The Balaban J connectivity index is 1.56. The van der Waals surface area contributed by atoms with E-state index in [-0.39, 0.29) is 0 Å². The van der Waals surface area contributed by atoms with Gasteiger partial charge >= 0.3 is 0 Å². The van der Waals surface area contributed by atoms with E-state index in [1.54, 1.807) is 0 Å². The molecule has 1 N–H and O–H groups in total. The van der Waals surface area contributed by atoms with Gasteiger partial charge in [-0.15, -0.1) is 0 Å². The summed E-state index contributed by atoms with van der Waals surface area (Å²) in [5.74, 6) is 6.25. The highest BCUT2D eigenvalue weighted by atomic mass is 16.3. The van der Waals surface area contributed by atoms with Crippen molar-refractivity contribution in [2.75, 3.05) is 0 Å². The average molecular weight is 319 g/mol. The zero-order chi connectivity index (χ0) is 16.4. The predicted octanol–water partition coefficient (Wildman–Crippen LogP) is 5.66. The molecular weight excluding hydrogens is 280 g/mol. The molecule has 0 aromatic carbocycles. The topological polar surface area (TPSA) is 20.2 Å². The quantitative estimate of drug-likeness (QED) is 0.661. The molecule has 1 nitrogen and oxygen atoms in total. The Hall–Kier alpha value is -0.0400. The van der Waals surface area contributed by atoms with Crippen molar-refractivity contribution in [2.24, 2.45) is 46.8 Å². The minimum absolute atomic E-state index is 0.405. The van der Waals surface area contributed by atoms with Crippen LogP contribution in [0.25, 0.3) is 0 Å². The van der Waals surface area contributed by atoms with Crippen molar-refractivity contribution in [2.45, 2.75) is 91.1 Å². The summed E-state index contributed by atoms with van der Waals surface area (Å²) in [5, 5.41) is 10.7. The minimum atomic E-state index is -0.405. The molecule has 23 heavy (non-hydrogen) atoms. The molecule has 4 fully saturated rings. The number of hydrogen-bond acceptors (Lipinski definition) is 1. The van der Waals surface area contributed by atoms with Crippen molar-refractivity contribution in [3.8, 4) is 0 Å². The van der Waals surface area contributed by atoms with Crippen LogP contribution in [0.1, 0.15) is 85.5 Å². The highest BCUT2D eigenvalue weighted by Crippen LogP contribution is 2.65. The van der Waals surface area contributed by atoms with Gasteiger partial charge in [0.2, 0.25) is 0 Å². The maximum atomic E-state index is 10.7. The lowest BCUT2D eigenvalue weighted by atomic mass is 9.48. The molecule has 0 amide bonds. The van der Waals surface area contributed by atoms with Crippen molar-refractivity contribution >= 4 is 0 Å². The first-order valence-corrected chi connectivity index (χ1v) is 10.6. The smallest absolute Gasteiger partial charge is 0.0648 e. The summed E-state index contributed by atoms with van der Waals surface area (Å²) in [6.07, 6.45) is 12.6. The lowest BCUT2D eigenvalue weighted by Gasteiger charge is -2.58. The molecule has 4 aliphatic rings. The molecule has 0 aromatic heterocycles. The fourth-order valence-electron chi connectivity index (χ4n) is 8.03. The first-order chi connectivity index (χ1) is 10.9. The second-order valence-electron chi connectivity index (χ2n) is 10.4. The van der Waals surface area contributed by atoms with E-state index in [4.69, 9.17) is 0 Å². The van der Waals surface area contributed by atoms with Gasteiger partial charge in [0.05, 0.1) is 5.60 Å². The van der Waals surface area contributed by atoms with Crippen molar-refractivity contribution in [1.29, 1.82) is 0 Å². The lowest BCUT2D eigenvalue weighted by Crippen LogP contribution is -2.52. The van der Waals surface area contributed by atoms with Gasteiger partial charge in [0.1, 0.15) is 0 Å². The Morgan fingerprint density at radius 3 is 2.48 bits per heavy atom. The van der Waals surface area contributed by atoms with E-state index in [1.165, 1.54) is 51.4 Å². The molecule has 9 atom stereocenters. The largest absolute Gasteiger partial charge is 0.390 e. The molecule has 0 radical (unpaired) electrons. The van der Waals surface area contributed by atoms with Crippen molar-refractivity contribution in [1.82, 2.24) is 0 Å². The Morgan fingerprint density at radius 1 is 0.957 bits per heavy atom. The van der Waals surface area contributed by atoms with E-state index in [0.717, 1.165) is 41.9 Å². The van der Waals surface area contributed by atoms with Gasteiger partial charge in [0.25, 0.3) is 0 Å². The molecule has 4 aliphatic carbocycles. The first-order valence-electron chi connectivity index (χ1n) is 10.6. The summed E-state index contributed by atoms with van der Waals surface area (Å²) >= 11 is 0. The summed E-state index contributed by atoms with van der Waals surface area (Å²) in [4.78, 5) is 0. The van der Waals surface area contributed by atoms with E-state index in [2.05, 4.69) is 27.7 Å². The van der Waals surface area contributed by atoms with Crippen LogP contribution >= 0.6 is 0 Å². The lowest BCUT2D eigenvalue weighted by molar-refractivity contribution is -0.122. The van der Waals surface area contributed by atoms with Gasteiger partial charge in [-0.3, -0.25) is 0 Å². The Morgan fingerprint density at radius 2 is 1.74 bits per heavy atom. The molecule has 0 aliphatic heterocycles. The molecule has 0 heterocycles. The van der Waals surface area contributed by atoms with Crippen LogP contribution in [0.5, 0.6) is 0 Å². The van der Waals surface area contributed by atoms with Gasteiger partial charge in [-0.25, -0.2) is 0 Å². The molecule has 0 bridgehead atoms. The van der Waals surface area contributed by atoms with Crippen LogP contribution in [0.4, 0.5) is 0 Å². The van der Waals surface area contributed by atoms with Crippen LogP contribution < -0.4 is 0 Å². The maximum absolute atomic E-state index is 10.7. The Labute approximate surface area is 143 Å². The second-order valence-corrected chi connectivity index (χ2v) is 10.4. The summed E-state index contributed by atoms with van der Waals surface area (Å²) in [6.45, 7) is 9.47. The standard InChI is InChI=1S/C22H38O/c1-5-16-7-9-20-18-8-6-15-13-22(4,23)14(2)12-19(15)17(18)10-11-21(16,20)3/h14-20,23H,5-13H2,1-4H3/t14-,15-,16-,17-,18+,19-,20-,21+,22-/m0/s1. The van der Waals surface area contributed by atoms with Crippen LogP contribution in [0, 0.1) is 46.8 Å². The predicted molar refractivity (Wildman–Crippen MR) is 96.1 cm³/mol. The van der Waals surface area contributed by atoms with E-state index in [0.29, 0.717) is 11.3 Å². The SMILES string of the molecule is CC[C@H]1CC[C@H]2[C@@H]3CC[C@H]4C[C@](C)(O)[C@@H](C)C[C@@H]4[C@H]3CC[C@]12C. The molecule has 0 saturated heterocycles. The number of hydrogen-bond donors (Lipinski definition) is 1. The number of fused-ring (bicyclic) bond motifs is 5. The van der Waals surface area contributed by atoms with Gasteiger partial charge in [0.15, 0.2) is 0 Å². The zero-order valence-electron chi connectivity index (χ0n) is 15.9. The molecular formula is C22H38O. The van der Waals surface area contributed by atoms with E-state index >= 15 is 0 Å². The highest BCUT2D eigenvalue weighted by Gasteiger charge is 2.57. The molecule has 4 saturated carbocycles. The minimum Gasteiger partial charge on any atom is -0.390 e. The molecule has 132 valence electrons. The highest BCUT2D eigenvalue weighted by molar-refractivity contribution is 5.07. The van der Waals surface area contributed by atoms with Crippen LogP contribution in [0.2, 0.25) is 0 Å². The third kappa shape index (κ3) is 2.35. The number of aliphatic hydroxyl groups is 1. The van der Waals surface area contributed by atoms with Crippen molar-refractivity contribution < 1.29 is 5.11 Å². The Bertz CT molecular complexity index is 455.